The molecule has 21 heavy (non-hydrogen) atoms. The van der Waals surface area contributed by atoms with E-state index in [-0.39, 0.29) is 11.7 Å². The van der Waals surface area contributed by atoms with Gasteiger partial charge in [0.25, 0.3) is 5.89 Å². The second kappa shape index (κ2) is 5.61. The van der Waals surface area contributed by atoms with Crippen molar-refractivity contribution in [3.63, 3.8) is 0 Å². The molecule has 0 amide bonds. The summed E-state index contributed by atoms with van der Waals surface area (Å²) >= 11 is 3.24. The third-order valence-corrected chi connectivity index (χ3v) is 3.39. The molecule has 0 spiro atoms. The monoisotopic (exact) mass is 345 g/mol. The summed E-state index contributed by atoms with van der Waals surface area (Å²) in [6.07, 6.45) is 2.50. The van der Waals surface area contributed by atoms with Gasteiger partial charge in [-0.15, -0.1) is 10.2 Å². The molecule has 7 heteroatoms. The lowest BCUT2D eigenvalue weighted by Crippen LogP contribution is -1.97. The molecule has 0 saturated carbocycles. The Morgan fingerprint density at radius 3 is 2.57 bits per heavy atom. The number of nitrogen functional groups attached to an aromatic ring is 1. The van der Waals surface area contributed by atoms with Crippen LogP contribution in [0, 0.1) is 0 Å². The number of aryl methyl sites for hydroxylation is 1. The van der Waals surface area contributed by atoms with Crippen LogP contribution in [-0.4, -0.2) is 20.2 Å². The number of halogens is 1. The standard InChI is InChI=1S/C14H12BrN5O/c1-2-8-3-5-9(6-4-8)13-19-20-14(21-13)11-12(16)17-7-10(15)18-11/h3-7H,2H2,1H3,(H2,16,17). The first-order valence-corrected chi connectivity index (χ1v) is 7.18. The number of aromatic nitrogens is 4. The average molecular weight is 346 g/mol. The van der Waals surface area contributed by atoms with E-state index in [4.69, 9.17) is 10.2 Å². The number of hydrogen-bond acceptors (Lipinski definition) is 6. The fourth-order valence-electron chi connectivity index (χ4n) is 1.85. The summed E-state index contributed by atoms with van der Waals surface area (Å²) in [6, 6.07) is 7.97. The Bertz CT molecular complexity index is 769. The molecule has 3 aromatic rings. The summed E-state index contributed by atoms with van der Waals surface area (Å²) in [4.78, 5) is 8.21. The average Bonchev–Trinajstić information content (AvgIpc) is 2.99. The molecule has 0 atom stereocenters. The van der Waals surface area contributed by atoms with Gasteiger partial charge in [-0.2, -0.15) is 0 Å². The van der Waals surface area contributed by atoms with Gasteiger partial charge in [0.15, 0.2) is 11.5 Å². The molecule has 0 bridgehead atoms. The first-order chi connectivity index (χ1) is 10.2. The van der Waals surface area contributed by atoms with Crippen molar-refractivity contribution < 1.29 is 4.42 Å². The van der Waals surface area contributed by atoms with E-state index < -0.39 is 0 Å². The zero-order valence-corrected chi connectivity index (χ0v) is 12.8. The van der Waals surface area contributed by atoms with Crippen LogP contribution in [0.4, 0.5) is 5.82 Å². The highest BCUT2D eigenvalue weighted by atomic mass is 79.9. The van der Waals surface area contributed by atoms with E-state index in [9.17, 15) is 0 Å². The van der Waals surface area contributed by atoms with Crippen molar-refractivity contribution >= 4 is 21.7 Å². The maximum absolute atomic E-state index is 5.79. The number of nitrogens with zero attached hydrogens (tertiary/aromatic N) is 4. The van der Waals surface area contributed by atoms with E-state index in [1.165, 1.54) is 11.8 Å². The van der Waals surface area contributed by atoms with Gasteiger partial charge in [0, 0.05) is 5.56 Å². The number of rotatable bonds is 3. The summed E-state index contributed by atoms with van der Waals surface area (Å²) in [6.45, 7) is 2.11. The quantitative estimate of drug-likeness (QED) is 0.784. The van der Waals surface area contributed by atoms with Crippen LogP contribution < -0.4 is 5.73 Å². The predicted octanol–water partition coefficient (Wildman–Crippen LogP) is 3.10. The Hall–Kier alpha value is -2.28. The Morgan fingerprint density at radius 2 is 1.86 bits per heavy atom. The molecule has 2 aromatic heterocycles. The molecule has 0 aliphatic rings. The third kappa shape index (κ3) is 2.78. The van der Waals surface area contributed by atoms with Crippen LogP contribution in [0.5, 0.6) is 0 Å². The molecule has 3 rings (SSSR count). The SMILES string of the molecule is CCc1ccc(-c2nnc(-c3nc(Br)cnc3N)o2)cc1. The second-order valence-corrected chi connectivity index (χ2v) is 5.20. The van der Waals surface area contributed by atoms with Crippen molar-refractivity contribution in [2.45, 2.75) is 13.3 Å². The molecular weight excluding hydrogens is 334 g/mol. The van der Waals surface area contributed by atoms with Crippen molar-refractivity contribution in [2.24, 2.45) is 0 Å². The first-order valence-electron chi connectivity index (χ1n) is 6.38. The maximum atomic E-state index is 5.79. The molecular formula is C14H12BrN5O. The first kappa shape index (κ1) is 13.7. The highest BCUT2D eigenvalue weighted by molar-refractivity contribution is 9.10. The predicted molar refractivity (Wildman–Crippen MR) is 82.3 cm³/mol. The van der Waals surface area contributed by atoms with Crippen LogP contribution in [0.15, 0.2) is 39.5 Å². The molecule has 6 nitrogen and oxygen atoms in total. The van der Waals surface area contributed by atoms with Crippen molar-refractivity contribution in [1.29, 1.82) is 0 Å². The number of anilines is 1. The van der Waals surface area contributed by atoms with Crippen LogP contribution in [-0.2, 0) is 6.42 Å². The van der Waals surface area contributed by atoms with Gasteiger partial charge in [-0.1, -0.05) is 19.1 Å². The topological polar surface area (TPSA) is 90.7 Å². The van der Waals surface area contributed by atoms with E-state index in [1.807, 2.05) is 24.3 Å². The summed E-state index contributed by atoms with van der Waals surface area (Å²) in [5, 5.41) is 8.02. The minimum Gasteiger partial charge on any atom is -0.414 e. The molecule has 0 aliphatic carbocycles. The van der Waals surface area contributed by atoms with Gasteiger partial charge in [-0.25, -0.2) is 9.97 Å². The van der Waals surface area contributed by atoms with Gasteiger partial charge >= 0.3 is 0 Å². The Kier molecular flexibility index (Phi) is 3.66. The third-order valence-electron chi connectivity index (χ3n) is 3.01. The van der Waals surface area contributed by atoms with Gasteiger partial charge in [0.1, 0.15) is 4.60 Å². The zero-order chi connectivity index (χ0) is 14.8. The van der Waals surface area contributed by atoms with Crippen molar-refractivity contribution in [2.75, 3.05) is 5.73 Å². The minimum absolute atomic E-state index is 0.245. The second-order valence-electron chi connectivity index (χ2n) is 4.39. The summed E-state index contributed by atoms with van der Waals surface area (Å²) < 4.78 is 6.19. The normalized spacial score (nSPS) is 10.8. The molecule has 2 N–H and O–H groups in total. The molecule has 0 fully saturated rings. The fourth-order valence-corrected chi connectivity index (χ4v) is 2.13. The highest BCUT2D eigenvalue weighted by Gasteiger charge is 2.15. The van der Waals surface area contributed by atoms with E-state index >= 15 is 0 Å². The molecule has 2 heterocycles. The minimum atomic E-state index is 0.245. The molecule has 0 radical (unpaired) electrons. The summed E-state index contributed by atoms with van der Waals surface area (Å²) in [5.41, 5.74) is 8.26. The Labute approximate surface area is 129 Å². The van der Waals surface area contributed by atoms with Crippen molar-refractivity contribution in [3.8, 4) is 23.0 Å². The van der Waals surface area contributed by atoms with E-state index in [2.05, 4.69) is 43.0 Å². The fraction of sp³-hybridized carbons (Fsp3) is 0.143. The summed E-state index contributed by atoms with van der Waals surface area (Å²) in [5.74, 6) is 0.916. The van der Waals surface area contributed by atoms with Crippen LogP contribution in [0.1, 0.15) is 12.5 Å². The molecule has 0 saturated heterocycles. The van der Waals surface area contributed by atoms with Gasteiger partial charge in [0.2, 0.25) is 5.89 Å². The van der Waals surface area contributed by atoms with Crippen LogP contribution in [0.25, 0.3) is 23.0 Å². The van der Waals surface area contributed by atoms with Gasteiger partial charge in [-0.05, 0) is 40.0 Å². The van der Waals surface area contributed by atoms with Gasteiger partial charge in [0.05, 0.1) is 6.20 Å². The lowest BCUT2D eigenvalue weighted by Gasteiger charge is -1.99. The van der Waals surface area contributed by atoms with Crippen molar-refractivity contribution in [1.82, 2.24) is 20.2 Å². The largest absolute Gasteiger partial charge is 0.414 e. The lowest BCUT2D eigenvalue weighted by atomic mass is 10.1. The maximum Gasteiger partial charge on any atom is 0.270 e. The van der Waals surface area contributed by atoms with Crippen LogP contribution in [0.3, 0.4) is 0 Å². The van der Waals surface area contributed by atoms with E-state index in [0.29, 0.717) is 16.2 Å². The van der Waals surface area contributed by atoms with Crippen LogP contribution >= 0.6 is 15.9 Å². The van der Waals surface area contributed by atoms with Crippen LogP contribution in [0.2, 0.25) is 0 Å². The molecule has 106 valence electrons. The molecule has 0 aliphatic heterocycles. The number of hydrogen-bond donors (Lipinski definition) is 1. The van der Waals surface area contributed by atoms with Gasteiger partial charge < -0.3 is 10.2 Å². The van der Waals surface area contributed by atoms with E-state index in [0.717, 1.165) is 12.0 Å². The van der Waals surface area contributed by atoms with Crippen molar-refractivity contribution in [3.05, 3.63) is 40.6 Å². The van der Waals surface area contributed by atoms with Gasteiger partial charge in [-0.3, -0.25) is 0 Å². The smallest absolute Gasteiger partial charge is 0.270 e. The number of nitrogens with two attached hydrogens (primary N) is 1. The highest BCUT2D eigenvalue weighted by Crippen LogP contribution is 2.26. The lowest BCUT2D eigenvalue weighted by molar-refractivity contribution is 0.582. The Balaban J connectivity index is 1.97. The molecule has 1 aromatic carbocycles. The molecule has 0 unspecified atom stereocenters. The zero-order valence-electron chi connectivity index (χ0n) is 11.2. The number of benzene rings is 1. The Morgan fingerprint density at radius 1 is 1.14 bits per heavy atom. The summed E-state index contributed by atoms with van der Waals surface area (Å²) in [7, 11) is 0. The van der Waals surface area contributed by atoms with E-state index in [1.54, 1.807) is 0 Å².